The third-order valence-electron chi connectivity index (χ3n) is 2.44. The molecule has 0 aliphatic heterocycles. The minimum atomic E-state index is -4.59. The SMILES string of the molecule is FC(F)(F)OCc1cccc(-c2ccccc2)c1. The first kappa shape index (κ1) is 12.6. The molecule has 0 aromatic heterocycles. The maximum atomic E-state index is 11.9. The van der Waals surface area contributed by atoms with Crippen molar-refractivity contribution in [2.45, 2.75) is 13.0 Å². The van der Waals surface area contributed by atoms with Crippen LogP contribution in [0.2, 0.25) is 0 Å². The van der Waals surface area contributed by atoms with Gasteiger partial charge in [-0.2, -0.15) is 0 Å². The third-order valence-corrected chi connectivity index (χ3v) is 2.44. The summed E-state index contributed by atoms with van der Waals surface area (Å²) >= 11 is 0. The summed E-state index contributed by atoms with van der Waals surface area (Å²) in [5.41, 5.74) is 2.33. The minimum absolute atomic E-state index is 0.468. The van der Waals surface area contributed by atoms with Crippen LogP contribution in [0.4, 0.5) is 13.2 Å². The highest BCUT2D eigenvalue weighted by molar-refractivity contribution is 5.63. The fourth-order valence-corrected chi connectivity index (χ4v) is 1.64. The Hall–Kier alpha value is -1.81. The molecule has 2 aromatic rings. The molecule has 18 heavy (non-hydrogen) atoms. The topological polar surface area (TPSA) is 9.23 Å². The summed E-state index contributed by atoms with van der Waals surface area (Å²) in [7, 11) is 0. The zero-order valence-electron chi connectivity index (χ0n) is 9.45. The number of hydrogen-bond donors (Lipinski definition) is 0. The number of hydrogen-bond acceptors (Lipinski definition) is 1. The molecule has 0 atom stereocenters. The summed E-state index contributed by atoms with van der Waals surface area (Å²) in [5.74, 6) is 0. The van der Waals surface area contributed by atoms with Crippen molar-refractivity contribution in [1.82, 2.24) is 0 Å². The number of rotatable bonds is 3. The van der Waals surface area contributed by atoms with E-state index in [1.54, 1.807) is 18.2 Å². The van der Waals surface area contributed by atoms with Crippen LogP contribution in [0.25, 0.3) is 11.1 Å². The van der Waals surface area contributed by atoms with Crippen LogP contribution in [0.1, 0.15) is 5.56 Å². The third kappa shape index (κ3) is 3.60. The Kier molecular flexibility index (Phi) is 3.67. The maximum Gasteiger partial charge on any atom is 0.522 e. The van der Waals surface area contributed by atoms with Gasteiger partial charge in [-0.1, -0.05) is 48.5 Å². The molecule has 4 heteroatoms. The Morgan fingerprint density at radius 3 is 2.17 bits per heavy atom. The Balaban J connectivity index is 2.16. The van der Waals surface area contributed by atoms with Gasteiger partial charge in [-0.15, -0.1) is 13.2 Å². The van der Waals surface area contributed by atoms with E-state index in [1.807, 2.05) is 36.4 Å². The number of alkyl halides is 3. The molecule has 2 rings (SSSR count). The number of ether oxygens (including phenoxy) is 1. The first-order valence-electron chi connectivity index (χ1n) is 5.40. The smallest absolute Gasteiger partial charge is 0.287 e. The molecule has 0 unspecified atom stereocenters. The fraction of sp³-hybridized carbons (Fsp3) is 0.143. The Morgan fingerprint density at radius 2 is 1.50 bits per heavy atom. The normalized spacial score (nSPS) is 11.5. The lowest BCUT2D eigenvalue weighted by Crippen LogP contribution is -2.12. The highest BCUT2D eigenvalue weighted by Gasteiger charge is 2.28. The van der Waals surface area contributed by atoms with Crippen LogP contribution < -0.4 is 0 Å². The van der Waals surface area contributed by atoms with Gasteiger partial charge in [-0.25, -0.2) is 0 Å². The largest absolute Gasteiger partial charge is 0.522 e. The lowest BCUT2D eigenvalue weighted by molar-refractivity contribution is -0.330. The molecule has 0 N–H and O–H groups in total. The number of benzene rings is 2. The van der Waals surface area contributed by atoms with Crippen LogP contribution in [0.3, 0.4) is 0 Å². The molecule has 0 aliphatic carbocycles. The second-order valence-electron chi connectivity index (χ2n) is 3.80. The monoisotopic (exact) mass is 252 g/mol. The molecule has 2 aromatic carbocycles. The molecule has 0 amide bonds. The average Bonchev–Trinajstić information content (AvgIpc) is 2.37. The van der Waals surface area contributed by atoms with E-state index in [9.17, 15) is 13.2 Å². The molecular weight excluding hydrogens is 241 g/mol. The van der Waals surface area contributed by atoms with E-state index >= 15 is 0 Å². The summed E-state index contributed by atoms with van der Waals surface area (Å²) < 4.78 is 39.6. The molecule has 0 fully saturated rings. The van der Waals surface area contributed by atoms with Crippen molar-refractivity contribution in [3.63, 3.8) is 0 Å². The van der Waals surface area contributed by atoms with Crippen molar-refractivity contribution in [2.75, 3.05) is 0 Å². The molecule has 94 valence electrons. The zero-order chi connectivity index (χ0) is 13.0. The molecule has 1 nitrogen and oxygen atoms in total. The first-order valence-corrected chi connectivity index (χ1v) is 5.40. The van der Waals surface area contributed by atoms with Gasteiger partial charge in [0.1, 0.15) is 0 Å². The molecule has 0 spiro atoms. The molecule has 0 saturated carbocycles. The first-order chi connectivity index (χ1) is 8.54. The van der Waals surface area contributed by atoms with Gasteiger partial charge < -0.3 is 0 Å². The van der Waals surface area contributed by atoms with E-state index in [4.69, 9.17) is 0 Å². The van der Waals surface area contributed by atoms with Crippen molar-refractivity contribution < 1.29 is 17.9 Å². The van der Waals surface area contributed by atoms with Crippen LogP contribution in [-0.4, -0.2) is 6.36 Å². The quantitative estimate of drug-likeness (QED) is 0.787. The molecule has 0 bridgehead atoms. The van der Waals surface area contributed by atoms with Crippen LogP contribution in [-0.2, 0) is 11.3 Å². The maximum absolute atomic E-state index is 11.9. The predicted molar refractivity (Wildman–Crippen MR) is 62.7 cm³/mol. The van der Waals surface area contributed by atoms with Gasteiger partial charge in [0.05, 0.1) is 6.61 Å². The molecule has 0 heterocycles. The van der Waals surface area contributed by atoms with Gasteiger partial charge >= 0.3 is 6.36 Å². The van der Waals surface area contributed by atoms with Crippen LogP contribution >= 0.6 is 0 Å². The van der Waals surface area contributed by atoms with Gasteiger partial charge in [-0.3, -0.25) is 4.74 Å². The molecule has 0 radical (unpaired) electrons. The van der Waals surface area contributed by atoms with Crippen molar-refractivity contribution in [2.24, 2.45) is 0 Å². The van der Waals surface area contributed by atoms with Gasteiger partial charge in [0, 0.05) is 0 Å². The summed E-state index contributed by atoms with van der Waals surface area (Å²) in [4.78, 5) is 0. The van der Waals surface area contributed by atoms with Crippen LogP contribution in [0.15, 0.2) is 54.6 Å². The average molecular weight is 252 g/mol. The summed E-state index contributed by atoms with van der Waals surface area (Å²) in [6.07, 6.45) is -4.59. The standard InChI is InChI=1S/C14H11F3O/c15-14(16,17)18-10-11-5-4-8-13(9-11)12-6-2-1-3-7-12/h1-9H,10H2. The Morgan fingerprint density at radius 1 is 0.833 bits per heavy atom. The highest BCUT2D eigenvalue weighted by atomic mass is 19.4. The van der Waals surface area contributed by atoms with E-state index in [0.717, 1.165) is 11.1 Å². The second-order valence-corrected chi connectivity index (χ2v) is 3.80. The molecule has 0 saturated heterocycles. The molecule has 0 aliphatic rings. The van der Waals surface area contributed by atoms with Crippen molar-refractivity contribution in [3.05, 3.63) is 60.2 Å². The zero-order valence-corrected chi connectivity index (χ0v) is 9.45. The van der Waals surface area contributed by atoms with Gasteiger partial charge in [-0.05, 0) is 22.8 Å². The predicted octanol–water partition coefficient (Wildman–Crippen LogP) is 4.39. The van der Waals surface area contributed by atoms with E-state index in [1.165, 1.54) is 0 Å². The summed E-state index contributed by atoms with van der Waals surface area (Å²) in [5, 5.41) is 0. The Labute approximate surface area is 103 Å². The van der Waals surface area contributed by atoms with E-state index in [0.29, 0.717) is 5.56 Å². The van der Waals surface area contributed by atoms with Crippen LogP contribution in [0.5, 0.6) is 0 Å². The van der Waals surface area contributed by atoms with E-state index in [-0.39, 0.29) is 0 Å². The Bertz CT molecular complexity index is 506. The summed E-state index contributed by atoms with van der Waals surface area (Å²) in [6.45, 7) is -0.468. The van der Waals surface area contributed by atoms with E-state index < -0.39 is 13.0 Å². The van der Waals surface area contributed by atoms with Crippen molar-refractivity contribution >= 4 is 0 Å². The number of halogens is 3. The van der Waals surface area contributed by atoms with Crippen molar-refractivity contribution in [1.29, 1.82) is 0 Å². The highest BCUT2D eigenvalue weighted by Crippen LogP contribution is 2.23. The lowest BCUT2D eigenvalue weighted by Gasteiger charge is -2.08. The van der Waals surface area contributed by atoms with Gasteiger partial charge in [0.25, 0.3) is 0 Å². The van der Waals surface area contributed by atoms with Crippen molar-refractivity contribution in [3.8, 4) is 11.1 Å². The van der Waals surface area contributed by atoms with Gasteiger partial charge in [0.15, 0.2) is 0 Å². The fourth-order valence-electron chi connectivity index (χ4n) is 1.64. The molecular formula is C14H11F3O. The minimum Gasteiger partial charge on any atom is -0.287 e. The second kappa shape index (κ2) is 5.23. The lowest BCUT2D eigenvalue weighted by atomic mass is 10.0. The van der Waals surface area contributed by atoms with Gasteiger partial charge in [0.2, 0.25) is 0 Å². The van der Waals surface area contributed by atoms with Crippen LogP contribution in [0, 0.1) is 0 Å². The van der Waals surface area contributed by atoms with E-state index in [2.05, 4.69) is 4.74 Å². The summed E-state index contributed by atoms with van der Waals surface area (Å²) in [6, 6.07) is 16.3.